The van der Waals surface area contributed by atoms with Crippen LogP contribution in [0.5, 0.6) is 0 Å². The molecule has 0 radical (unpaired) electrons. The van der Waals surface area contributed by atoms with Crippen molar-refractivity contribution in [3.8, 4) is 0 Å². The largest absolute Gasteiger partial charge is 0.545 e. The Hall–Kier alpha value is -1.59. The van der Waals surface area contributed by atoms with Gasteiger partial charge in [-0.25, -0.2) is 4.90 Å². The Morgan fingerprint density at radius 1 is 1.40 bits per heavy atom. The molecule has 0 aliphatic carbocycles. The maximum absolute atomic E-state index is 9.84. The standard InChI is InChI=1S/C8H8O3.C7H16N2/c9-8(10)11-6-7-4-2-1-3-5-7;1-6-5-8(3)7(2)9(6)4/h1-5H,6H2,(H,9,10);6-7H,5H2,1-4H3. The molecule has 112 valence electrons. The predicted octanol–water partition coefficient (Wildman–Crippen LogP) is -0.272. The van der Waals surface area contributed by atoms with Crippen molar-refractivity contribution in [2.45, 2.75) is 32.7 Å². The number of carboxylic acid groups (broad SMARTS) is 1. The SMILES string of the molecule is CC1C[NH+](C)C(C)N1C.O=C([O-])OCc1ccccc1. The van der Waals surface area contributed by atoms with E-state index in [0.29, 0.717) is 6.17 Å². The molecule has 0 saturated carbocycles. The van der Waals surface area contributed by atoms with Gasteiger partial charge in [-0.2, -0.15) is 0 Å². The number of benzene rings is 1. The zero-order valence-electron chi connectivity index (χ0n) is 12.6. The molecule has 0 amide bonds. The first-order valence-electron chi connectivity index (χ1n) is 6.83. The van der Waals surface area contributed by atoms with E-state index < -0.39 is 6.16 Å². The molecule has 2 rings (SSSR count). The highest BCUT2D eigenvalue weighted by Gasteiger charge is 2.31. The molecule has 1 aliphatic heterocycles. The zero-order chi connectivity index (χ0) is 15.1. The van der Waals surface area contributed by atoms with Gasteiger partial charge in [0.15, 0.2) is 0 Å². The molecule has 1 saturated heterocycles. The molecule has 20 heavy (non-hydrogen) atoms. The highest BCUT2D eigenvalue weighted by atomic mass is 16.7. The number of quaternary nitrogens is 1. The first-order chi connectivity index (χ1) is 9.41. The summed E-state index contributed by atoms with van der Waals surface area (Å²) in [7, 11) is 4.45. The second-order valence-electron chi connectivity index (χ2n) is 5.27. The fraction of sp³-hybridized carbons (Fsp3) is 0.533. The van der Waals surface area contributed by atoms with Crippen molar-refractivity contribution in [3.05, 3.63) is 35.9 Å². The predicted molar refractivity (Wildman–Crippen MR) is 75.1 cm³/mol. The molecule has 3 unspecified atom stereocenters. The van der Waals surface area contributed by atoms with E-state index >= 15 is 0 Å². The summed E-state index contributed by atoms with van der Waals surface area (Å²) in [6, 6.07) is 9.80. The first-order valence-corrected chi connectivity index (χ1v) is 6.83. The van der Waals surface area contributed by atoms with Gasteiger partial charge < -0.3 is 19.5 Å². The van der Waals surface area contributed by atoms with Gasteiger partial charge in [0.05, 0.1) is 26.2 Å². The average molecular weight is 280 g/mol. The molecule has 5 nitrogen and oxygen atoms in total. The van der Waals surface area contributed by atoms with Crippen LogP contribution >= 0.6 is 0 Å². The van der Waals surface area contributed by atoms with Crippen molar-refractivity contribution in [1.29, 1.82) is 0 Å². The maximum atomic E-state index is 9.84. The molecule has 0 aromatic heterocycles. The molecule has 1 aliphatic rings. The molecule has 5 heteroatoms. The molecular formula is C15H24N2O3. The van der Waals surface area contributed by atoms with Crippen LogP contribution in [-0.2, 0) is 11.3 Å². The summed E-state index contributed by atoms with van der Waals surface area (Å²) in [6.07, 6.45) is -0.783. The van der Waals surface area contributed by atoms with E-state index in [2.05, 4.69) is 37.6 Å². The van der Waals surface area contributed by atoms with Gasteiger partial charge in [0.25, 0.3) is 6.16 Å². The number of hydrogen-bond acceptors (Lipinski definition) is 4. The molecule has 1 aromatic rings. The Balaban J connectivity index is 0.000000204. The summed E-state index contributed by atoms with van der Waals surface area (Å²) in [4.78, 5) is 13.9. The normalized spacial score (nSPS) is 25.7. The number of ether oxygens (including phenoxy) is 1. The van der Waals surface area contributed by atoms with Crippen molar-refractivity contribution in [3.63, 3.8) is 0 Å². The van der Waals surface area contributed by atoms with Gasteiger partial charge in [-0.1, -0.05) is 30.3 Å². The van der Waals surface area contributed by atoms with Gasteiger partial charge in [0, 0.05) is 6.92 Å². The van der Waals surface area contributed by atoms with Crippen LogP contribution in [0.25, 0.3) is 0 Å². The van der Waals surface area contributed by atoms with E-state index in [1.54, 1.807) is 17.0 Å². The Kier molecular flexibility index (Phi) is 6.48. The Morgan fingerprint density at radius 2 is 2.00 bits per heavy atom. The minimum absolute atomic E-state index is 0.0587. The smallest absolute Gasteiger partial charge is 0.252 e. The van der Waals surface area contributed by atoms with E-state index in [4.69, 9.17) is 0 Å². The third-order valence-corrected chi connectivity index (χ3v) is 3.84. The van der Waals surface area contributed by atoms with Crippen LogP contribution in [0.1, 0.15) is 19.4 Å². The molecule has 1 aromatic carbocycles. The molecule has 0 bridgehead atoms. The summed E-state index contributed by atoms with van der Waals surface area (Å²) in [6.45, 7) is 5.91. The minimum atomic E-state index is -1.49. The van der Waals surface area contributed by atoms with Crippen LogP contribution in [-0.4, -0.2) is 43.9 Å². The third-order valence-electron chi connectivity index (χ3n) is 3.84. The highest BCUT2D eigenvalue weighted by molar-refractivity contribution is 5.54. The Morgan fingerprint density at radius 3 is 2.35 bits per heavy atom. The number of nitrogens with zero attached hydrogens (tertiary/aromatic N) is 1. The first kappa shape index (κ1) is 16.5. The van der Waals surface area contributed by atoms with Crippen molar-refractivity contribution in [2.75, 3.05) is 20.6 Å². The maximum Gasteiger partial charge on any atom is 0.252 e. The van der Waals surface area contributed by atoms with Gasteiger partial charge in [-0.3, -0.25) is 0 Å². The average Bonchev–Trinajstić information content (AvgIpc) is 2.65. The summed E-state index contributed by atoms with van der Waals surface area (Å²) in [5.41, 5.74) is 0.816. The van der Waals surface area contributed by atoms with Crippen LogP contribution in [0, 0.1) is 0 Å². The van der Waals surface area contributed by atoms with Crippen molar-refractivity contribution >= 4 is 6.16 Å². The summed E-state index contributed by atoms with van der Waals surface area (Å²) in [5.74, 6) is 0. The number of nitrogens with one attached hydrogen (secondary N) is 1. The van der Waals surface area contributed by atoms with Crippen LogP contribution < -0.4 is 10.0 Å². The molecule has 1 fully saturated rings. The Bertz CT molecular complexity index is 399. The van der Waals surface area contributed by atoms with Crippen LogP contribution in [0.4, 0.5) is 4.79 Å². The number of likely N-dealkylation sites (N-methyl/N-ethyl adjacent to an activating group) is 2. The van der Waals surface area contributed by atoms with Gasteiger partial charge >= 0.3 is 0 Å². The Labute approximate surface area is 120 Å². The number of carbonyl (C=O) groups excluding carboxylic acids is 1. The summed E-state index contributed by atoms with van der Waals surface area (Å²) >= 11 is 0. The van der Waals surface area contributed by atoms with Crippen LogP contribution in [0.2, 0.25) is 0 Å². The van der Waals surface area contributed by atoms with E-state index in [9.17, 15) is 9.90 Å². The van der Waals surface area contributed by atoms with E-state index in [0.717, 1.165) is 11.6 Å². The molecule has 1 N–H and O–H groups in total. The minimum Gasteiger partial charge on any atom is -0.545 e. The molecule has 0 spiro atoms. The van der Waals surface area contributed by atoms with Crippen molar-refractivity contribution < 1.29 is 19.5 Å². The van der Waals surface area contributed by atoms with Crippen molar-refractivity contribution in [2.24, 2.45) is 0 Å². The van der Waals surface area contributed by atoms with Crippen LogP contribution in [0.15, 0.2) is 30.3 Å². The van der Waals surface area contributed by atoms with E-state index in [1.165, 1.54) is 6.54 Å². The lowest BCUT2D eigenvalue weighted by atomic mass is 10.2. The lowest BCUT2D eigenvalue weighted by Gasteiger charge is -2.17. The second kappa shape index (κ2) is 7.87. The molecule has 1 heterocycles. The molecular weight excluding hydrogens is 256 g/mol. The van der Waals surface area contributed by atoms with E-state index in [1.807, 2.05) is 18.2 Å². The molecule has 3 atom stereocenters. The monoisotopic (exact) mass is 280 g/mol. The number of carbonyl (C=O) groups is 1. The summed E-state index contributed by atoms with van der Waals surface area (Å²) < 4.78 is 4.23. The van der Waals surface area contributed by atoms with E-state index in [-0.39, 0.29) is 6.61 Å². The zero-order valence-corrected chi connectivity index (χ0v) is 12.6. The second-order valence-corrected chi connectivity index (χ2v) is 5.27. The quantitative estimate of drug-likeness (QED) is 0.758. The van der Waals surface area contributed by atoms with Crippen molar-refractivity contribution in [1.82, 2.24) is 4.90 Å². The van der Waals surface area contributed by atoms with Gasteiger partial charge in [0.1, 0.15) is 6.17 Å². The summed E-state index contributed by atoms with van der Waals surface area (Å²) in [5, 5.41) is 9.84. The fourth-order valence-corrected chi connectivity index (χ4v) is 2.23. The van der Waals surface area contributed by atoms with Crippen LogP contribution in [0.3, 0.4) is 0 Å². The number of rotatable bonds is 2. The third kappa shape index (κ3) is 5.19. The van der Waals surface area contributed by atoms with Gasteiger partial charge in [0.2, 0.25) is 0 Å². The lowest BCUT2D eigenvalue weighted by molar-refractivity contribution is -0.896. The van der Waals surface area contributed by atoms with Gasteiger partial charge in [-0.05, 0) is 19.5 Å². The lowest BCUT2D eigenvalue weighted by Crippen LogP contribution is -3.11. The fourth-order valence-electron chi connectivity index (χ4n) is 2.23. The topological polar surface area (TPSA) is 57.0 Å². The number of hydrogen-bond donors (Lipinski definition) is 1. The highest BCUT2D eigenvalue weighted by Crippen LogP contribution is 2.00. The van der Waals surface area contributed by atoms with Gasteiger partial charge in [-0.15, -0.1) is 0 Å².